The number of hydrogen-bond acceptors (Lipinski definition) is 3. The minimum Gasteiger partial charge on any atom is -0.398 e. The van der Waals surface area contributed by atoms with Crippen LogP contribution < -0.4 is 5.73 Å². The molecule has 4 heteroatoms. The van der Waals surface area contributed by atoms with Gasteiger partial charge in [-0.1, -0.05) is 12.1 Å². The quantitative estimate of drug-likeness (QED) is 0.875. The van der Waals surface area contributed by atoms with Crippen LogP contribution >= 0.6 is 11.3 Å². The van der Waals surface area contributed by atoms with E-state index in [1.807, 2.05) is 30.0 Å². The number of carbonyl (C=O) groups excluding carboxylic acids is 1. The highest BCUT2D eigenvalue weighted by atomic mass is 32.1. The summed E-state index contributed by atoms with van der Waals surface area (Å²) in [6, 6.07) is 10.1. The van der Waals surface area contributed by atoms with Gasteiger partial charge in [0.25, 0.3) is 5.91 Å². The first-order valence-electron chi connectivity index (χ1n) is 6.84. The second-order valence-corrected chi connectivity index (χ2v) is 6.35. The van der Waals surface area contributed by atoms with Gasteiger partial charge in [-0.05, 0) is 48.9 Å². The number of nitrogens with two attached hydrogens (primary N) is 1. The van der Waals surface area contributed by atoms with Gasteiger partial charge >= 0.3 is 0 Å². The SMILES string of the molecule is Cc1ccc(C(=O)N(Cc2cccs2)C2CC2)cc1N. The van der Waals surface area contributed by atoms with Crippen molar-refractivity contribution in [3.63, 3.8) is 0 Å². The van der Waals surface area contributed by atoms with Gasteiger partial charge in [0, 0.05) is 22.2 Å². The molecule has 1 aromatic heterocycles. The number of amides is 1. The average molecular weight is 286 g/mol. The summed E-state index contributed by atoms with van der Waals surface area (Å²) in [6.45, 7) is 2.66. The summed E-state index contributed by atoms with van der Waals surface area (Å²) in [5, 5.41) is 2.05. The molecule has 1 heterocycles. The Morgan fingerprint density at radius 1 is 1.40 bits per heavy atom. The van der Waals surface area contributed by atoms with Crippen LogP contribution in [0.3, 0.4) is 0 Å². The molecule has 3 rings (SSSR count). The molecule has 2 N–H and O–H groups in total. The lowest BCUT2D eigenvalue weighted by Crippen LogP contribution is -2.32. The summed E-state index contributed by atoms with van der Waals surface area (Å²) < 4.78 is 0. The molecule has 2 aromatic rings. The third-order valence-corrected chi connectivity index (χ3v) is 4.54. The summed E-state index contributed by atoms with van der Waals surface area (Å²) in [7, 11) is 0. The molecule has 1 aliphatic rings. The summed E-state index contributed by atoms with van der Waals surface area (Å²) >= 11 is 1.70. The molecule has 3 nitrogen and oxygen atoms in total. The van der Waals surface area contributed by atoms with E-state index >= 15 is 0 Å². The Morgan fingerprint density at radius 3 is 2.80 bits per heavy atom. The van der Waals surface area contributed by atoms with Crippen LogP contribution in [-0.4, -0.2) is 16.8 Å². The number of aryl methyl sites for hydroxylation is 1. The van der Waals surface area contributed by atoms with Gasteiger partial charge in [0.05, 0.1) is 6.54 Å². The summed E-state index contributed by atoms with van der Waals surface area (Å²) in [6.07, 6.45) is 2.22. The fourth-order valence-corrected chi connectivity index (χ4v) is 2.97. The van der Waals surface area contributed by atoms with Crippen molar-refractivity contribution < 1.29 is 4.79 Å². The highest BCUT2D eigenvalue weighted by molar-refractivity contribution is 7.09. The highest BCUT2D eigenvalue weighted by Crippen LogP contribution is 2.31. The maximum atomic E-state index is 12.7. The van der Waals surface area contributed by atoms with Gasteiger partial charge in [0.1, 0.15) is 0 Å². The summed E-state index contributed by atoms with van der Waals surface area (Å²) in [5.74, 6) is 0.0904. The minimum atomic E-state index is 0.0904. The Labute approximate surface area is 123 Å². The molecule has 0 spiro atoms. The second kappa shape index (κ2) is 5.29. The third kappa shape index (κ3) is 2.70. The molecule has 0 unspecified atom stereocenters. The van der Waals surface area contributed by atoms with E-state index in [4.69, 9.17) is 5.73 Å². The molecule has 1 saturated carbocycles. The van der Waals surface area contributed by atoms with E-state index in [1.54, 1.807) is 17.4 Å². The molecule has 0 bridgehead atoms. The predicted molar refractivity (Wildman–Crippen MR) is 82.8 cm³/mol. The van der Waals surface area contributed by atoms with Crippen molar-refractivity contribution in [1.29, 1.82) is 0 Å². The first kappa shape index (κ1) is 13.2. The van der Waals surface area contributed by atoms with Gasteiger partial charge in [-0.25, -0.2) is 0 Å². The lowest BCUT2D eigenvalue weighted by molar-refractivity contribution is 0.0732. The van der Waals surface area contributed by atoms with Crippen molar-refractivity contribution in [2.24, 2.45) is 0 Å². The maximum Gasteiger partial charge on any atom is 0.254 e. The predicted octanol–water partition coefficient (Wildman–Crippen LogP) is 3.44. The van der Waals surface area contributed by atoms with Gasteiger partial charge in [-0.2, -0.15) is 0 Å². The molecule has 1 aliphatic carbocycles. The number of nitrogen functional groups attached to an aromatic ring is 1. The van der Waals surface area contributed by atoms with Crippen LogP contribution in [0.5, 0.6) is 0 Å². The largest absolute Gasteiger partial charge is 0.398 e. The Morgan fingerprint density at radius 2 is 2.20 bits per heavy atom. The zero-order valence-electron chi connectivity index (χ0n) is 11.5. The number of hydrogen-bond donors (Lipinski definition) is 1. The van der Waals surface area contributed by atoms with Crippen LogP contribution in [0.1, 0.15) is 33.6 Å². The number of thiophene rings is 1. The molecular formula is C16H18N2OS. The summed E-state index contributed by atoms with van der Waals surface area (Å²) in [5.41, 5.74) is 8.30. The van der Waals surface area contributed by atoms with Gasteiger partial charge in [-0.3, -0.25) is 4.79 Å². The first-order chi connectivity index (χ1) is 9.65. The van der Waals surface area contributed by atoms with Crippen molar-refractivity contribution in [2.45, 2.75) is 32.4 Å². The lowest BCUT2D eigenvalue weighted by atomic mass is 10.1. The van der Waals surface area contributed by atoms with Crippen molar-refractivity contribution in [1.82, 2.24) is 4.90 Å². The molecule has 0 radical (unpaired) electrons. The third-order valence-electron chi connectivity index (χ3n) is 3.68. The van der Waals surface area contributed by atoms with E-state index in [2.05, 4.69) is 11.4 Å². The van der Waals surface area contributed by atoms with Crippen LogP contribution in [0.25, 0.3) is 0 Å². The van der Waals surface area contributed by atoms with E-state index in [0.29, 0.717) is 23.8 Å². The molecule has 0 atom stereocenters. The van der Waals surface area contributed by atoms with E-state index < -0.39 is 0 Å². The van der Waals surface area contributed by atoms with Crippen LogP contribution in [0, 0.1) is 6.92 Å². The van der Waals surface area contributed by atoms with Gasteiger partial charge in [0.15, 0.2) is 0 Å². The Kier molecular flexibility index (Phi) is 3.49. The molecule has 0 aliphatic heterocycles. The Hall–Kier alpha value is -1.81. The zero-order valence-corrected chi connectivity index (χ0v) is 12.3. The number of carbonyl (C=O) groups is 1. The van der Waals surface area contributed by atoms with Crippen LogP contribution in [0.15, 0.2) is 35.7 Å². The van der Waals surface area contributed by atoms with Crippen LogP contribution in [0.4, 0.5) is 5.69 Å². The fourth-order valence-electron chi connectivity index (χ4n) is 2.26. The smallest absolute Gasteiger partial charge is 0.254 e. The molecule has 1 amide bonds. The van der Waals surface area contributed by atoms with E-state index in [0.717, 1.165) is 18.4 Å². The number of nitrogens with zero attached hydrogens (tertiary/aromatic N) is 1. The molecule has 20 heavy (non-hydrogen) atoms. The normalized spacial score (nSPS) is 14.2. The lowest BCUT2D eigenvalue weighted by Gasteiger charge is -2.22. The number of benzene rings is 1. The van der Waals surface area contributed by atoms with E-state index in [9.17, 15) is 4.79 Å². The van der Waals surface area contributed by atoms with Crippen molar-refractivity contribution >= 4 is 22.9 Å². The average Bonchev–Trinajstić information content (AvgIpc) is 3.15. The number of rotatable bonds is 4. The molecule has 0 saturated heterocycles. The summed E-state index contributed by atoms with van der Waals surface area (Å²) in [4.78, 5) is 15.9. The van der Waals surface area contributed by atoms with Gasteiger partial charge in [0.2, 0.25) is 0 Å². The molecule has 1 aromatic carbocycles. The highest BCUT2D eigenvalue weighted by Gasteiger charge is 2.33. The van der Waals surface area contributed by atoms with Crippen LogP contribution in [0.2, 0.25) is 0 Å². The monoisotopic (exact) mass is 286 g/mol. The zero-order chi connectivity index (χ0) is 14.1. The molecular weight excluding hydrogens is 268 g/mol. The topological polar surface area (TPSA) is 46.3 Å². The van der Waals surface area contributed by atoms with Gasteiger partial charge in [-0.15, -0.1) is 11.3 Å². The standard InChI is InChI=1S/C16H18N2OS/c1-11-4-5-12(9-15(11)17)16(19)18(13-6-7-13)10-14-3-2-8-20-14/h2-5,8-9,13H,6-7,10,17H2,1H3. The minimum absolute atomic E-state index is 0.0904. The van der Waals surface area contributed by atoms with Crippen LogP contribution in [-0.2, 0) is 6.54 Å². The Balaban J connectivity index is 1.83. The van der Waals surface area contributed by atoms with Crippen molar-refractivity contribution in [2.75, 3.05) is 5.73 Å². The second-order valence-electron chi connectivity index (χ2n) is 5.31. The Bertz CT molecular complexity index is 617. The molecule has 104 valence electrons. The first-order valence-corrected chi connectivity index (χ1v) is 7.72. The van der Waals surface area contributed by atoms with E-state index in [1.165, 1.54) is 4.88 Å². The van der Waals surface area contributed by atoms with E-state index in [-0.39, 0.29) is 5.91 Å². The van der Waals surface area contributed by atoms with Crippen molar-refractivity contribution in [3.05, 3.63) is 51.7 Å². The molecule has 1 fully saturated rings. The van der Waals surface area contributed by atoms with Gasteiger partial charge < -0.3 is 10.6 Å². The number of anilines is 1. The maximum absolute atomic E-state index is 12.7. The van der Waals surface area contributed by atoms with Crippen molar-refractivity contribution in [3.8, 4) is 0 Å². The fraction of sp³-hybridized carbons (Fsp3) is 0.312.